The monoisotopic (exact) mass is 240 g/mol. The molecule has 88 valence electrons. The molecule has 0 radical (unpaired) electrons. The highest BCUT2D eigenvalue weighted by atomic mass is 35.5. The van der Waals surface area contributed by atoms with Gasteiger partial charge < -0.3 is 4.74 Å². The molecule has 0 saturated carbocycles. The Morgan fingerprint density at radius 2 is 2.12 bits per heavy atom. The van der Waals surface area contributed by atoms with E-state index in [0.29, 0.717) is 0 Å². The molecule has 1 saturated heterocycles. The van der Waals surface area contributed by atoms with E-state index in [1.807, 2.05) is 13.0 Å². The fraction of sp³-hybridized carbons (Fsp3) is 0.500. The van der Waals surface area contributed by atoms with Crippen molar-refractivity contribution in [3.63, 3.8) is 0 Å². The van der Waals surface area contributed by atoms with E-state index in [1.54, 1.807) is 0 Å². The Hall–Kier alpha value is -0.610. The number of nitrogens with zero attached hydrogens (tertiary/aromatic N) is 1. The highest BCUT2D eigenvalue weighted by Crippen LogP contribution is 2.16. The first-order valence-electron chi connectivity index (χ1n) is 5.57. The second-order valence-electron chi connectivity index (χ2n) is 4.02. The van der Waals surface area contributed by atoms with E-state index < -0.39 is 0 Å². The molecule has 1 heterocycles. The molecular formula is C12H17ClN2O. The lowest BCUT2D eigenvalue weighted by atomic mass is 10.1. The first-order valence-corrected chi connectivity index (χ1v) is 5.95. The smallest absolute Gasteiger partial charge is 0.0608 e. The number of aryl methyl sites for hydroxylation is 1. The lowest BCUT2D eigenvalue weighted by Gasteiger charge is -2.27. The van der Waals surface area contributed by atoms with Crippen molar-refractivity contribution >= 4 is 11.6 Å². The van der Waals surface area contributed by atoms with Crippen molar-refractivity contribution in [1.82, 2.24) is 10.4 Å². The standard InChI is InChI=1S/C12H17ClN2O/c1-10-2-3-11(8-12(10)13)9-14-15-4-6-16-7-5-15/h2-3,8,14H,4-7,9H2,1H3. The largest absolute Gasteiger partial charge is 0.379 e. The Labute approximate surface area is 101 Å². The molecule has 0 amide bonds. The molecular weight excluding hydrogens is 224 g/mol. The Balaban J connectivity index is 1.86. The molecule has 1 aromatic carbocycles. The minimum absolute atomic E-state index is 0.807. The Morgan fingerprint density at radius 3 is 2.81 bits per heavy atom. The van der Waals surface area contributed by atoms with Crippen LogP contribution in [0.2, 0.25) is 5.02 Å². The van der Waals surface area contributed by atoms with Gasteiger partial charge in [0.1, 0.15) is 0 Å². The van der Waals surface area contributed by atoms with Crippen LogP contribution in [0.25, 0.3) is 0 Å². The van der Waals surface area contributed by atoms with Gasteiger partial charge in [0, 0.05) is 24.7 Å². The van der Waals surface area contributed by atoms with Crippen molar-refractivity contribution in [1.29, 1.82) is 0 Å². The number of hydrogen-bond acceptors (Lipinski definition) is 3. The zero-order valence-electron chi connectivity index (χ0n) is 9.50. The van der Waals surface area contributed by atoms with Crippen molar-refractivity contribution < 1.29 is 4.74 Å². The first-order chi connectivity index (χ1) is 7.75. The molecule has 0 bridgehead atoms. The zero-order chi connectivity index (χ0) is 11.4. The minimum Gasteiger partial charge on any atom is -0.379 e. The van der Waals surface area contributed by atoms with Crippen LogP contribution in [0.3, 0.4) is 0 Å². The van der Waals surface area contributed by atoms with Crippen molar-refractivity contribution in [3.05, 3.63) is 34.3 Å². The van der Waals surface area contributed by atoms with Gasteiger partial charge in [-0.3, -0.25) is 5.43 Å². The minimum atomic E-state index is 0.807. The Morgan fingerprint density at radius 1 is 1.38 bits per heavy atom. The molecule has 0 atom stereocenters. The summed E-state index contributed by atoms with van der Waals surface area (Å²) in [6.45, 7) is 6.34. The van der Waals surface area contributed by atoms with Crippen LogP contribution in [0.15, 0.2) is 18.2 Å². The molecule has 1 N–H and O–H groups in total. The van der Waals surface area contributed by atoms with E-state index >= 15 is 0 Å². The van der Waals surface area contributed by atoms with Crippen LogP contribution in [-0.4, -0.2) is 31.3 Å². The van der Waals surface area contributed by atoms with Crippen LogP contribution in [0.1, 0.15) is 11.1 Å². The summed E-state index contributed by atoms with van der Waals surface area (Å²) >= 11 is 6.07. The van der Waals surface area contributed by atoms with Crippen molar-refractivity contribution in [3.8, 4) is 0 Å². The number of nitrogens with one attached hydrogen (secondary N) is 1. The van der Waals surface area contributed by atoms with E-state index in [1.165, 1.54) is 5.56 Å². The van der Waals surface area contributed by atoms with Crippen molar-refractivity contribution in [2.75, 3.05) is 26.3 Å². The molecule has 1 aromatic rings. The van der Waals surface area contributed by atoms with Crippen LogP contribution in [-0.2, 0) is 11.3 Å². The van der Waals surface area contributed by atoms with Crippen molar-refractivity contribution in [2.45, 2.75) is 13.5 Å². The molecule has 1 fully saturated rings. The van der Waals surface area contributed by atoms with Crippen LogP contribution in [0.4, 0.5) is 0 Å². The molecule has 4 heteroatoms. The van der Waals surface area contributed by atoms with Crippen molar-refractivity contribution in [2.24, 2.45) is 0 Å². The maximum atomic E-state index is 6.07. The van der Waals surface area contributed by atoms with Crippen LogP contribution in [0, 0.1) is 6.92 Å². The van der Waals surface area contributed by atoms with E-state index in [4.69, 9.17) is 16.3 Å². The van der Waals surface area contributed by atoms with Gasteiger partial charge in [-0.1, -0.05) is 23.7 Å². The number of hydrogen-bond donors (Lipinski definition) is 1. The third-order valence-corrected chi connectivity index (χ3v) is 3.16. The summed E-state index contributed by atoms with van der Waals surface area (Å²) in [5.41, 5.74) is 5.71. The van der Waals surface area contributed by atoms with Gasteiger partial charge >= 0.3 is 0 Å². The summed E-state index contributed by atoms with van der Waals surface area (Å²) in [5, 5.41) is 3.03. The van der Waals surface area contributed by atoms with E-state index in [9.17, 15) is 0 Å². The van der Waals surface area contributed by atoms with Gasteiger partial charge in [0.05, 0.1) is 13.2 Å². The summed E-state index contributed by atoms with van der Waals surface area (Å²) in [7, 11) is 0. The number of halogens is 1. The SMILES string of the molecule is Cc1ccc(CNN2CCOCC2)cc1Cl. The van der Waals surface area contributed by atoms with Gasteiger partial charge in [-0.25, -0.2) is 5.01 Å². The summed E-state index contributed by atoms with van der Waals surface area (Å²) in [5.74, 6) is 0. The maximum absolute atomic E-state index is 6.07. The average molecular weight is 241 g/mol. The number of morpholine rings is 1. The van der Waals surface area contributed by atoms with E-state index in [0.717, 1.165) is 43.4 Å². The third-order valence-electron chi connectivity index (χ3n) is 2.75. The predicted molar refractivity (Wildman–Crippen MR) is 65.4 cm³/mol. The quantitative estimate of drug-likeness (QED) is 0.875. The molecule has 0 aliphatic carbocycles. The molecule has 3 nitrogen and oxygen atoms in total. The number of hydrazine groups is 1. The second-order valence-corrected chi connectivity index (χ2v) is 4.43. The third kappa shape index (κ3) is 3.19. The van der Waals surface area contributed by atoms with Gasteiger partial charge in [0.2, 0.25) is 0 Å². The molecule has 2 rings (SSSR count). The van der Waals surface area contributed by atoms with Crippen LogP contribution in [0.5, 0.6) is 0 Å². The lowest BCUT2D eigenvalue weighted by Crippen LogP contribution is -2.45. The first kappa shape index (κ1) is 11.9. The highest BCUT2D eigenvalue weighted by Gasteiger charge is 2.09. The fourth-order valence-corrected chi connectivity index (χ4v) is 1.87. The molecule has 0 aromatic heterocycles. The Bertz CT molecular complexity index is 351. The van der Waals surface area contributed by atoms with Gasteiger partial charge in [-0.05, 0) is 24.1 Å². The lowest BCUT2D eigenvalue weighted by molar-refractivity contribution is 0.0106. The Kier molecular flexibility index (Phi) is 4.18. The fourth-order valence-electron chi connectivity index (χ4n) is 1.67. The molecule has 16 heavy (non-hydrogen) atoms. The molecule has 0 unspecified atom stereocenters. The summed E-state index contributed by atoms with van der Waals surface area (Å²) in [6, 6.07) is 6.18. The van der Waals surface area contributed by atoms with Gasteiger partial charge in [0.15, 0.2) is 0 Å². The van der Waals surface area contributed by atoms with E-state index in [-0.39, 0.29) is 0 Å². The summed E-state index contributed by atoms with van der Waals surface area (Å²) in [4.78, 5) is 0. The zero-order valence-corrected chi connectivity index (χ0v) is 10.3. The number of benzene rings is 1. The predicted octanol–water partition coefficient (Wildman–Crippen LogP) is 1.99. The molecule has 1 aliphatic heterocycles. The average Bonchev–Trinajstić information content (AvgIpc) is 2.32. The second kappa shape index (κ2) is 5.64. The van der Waals surface area contributed by atoms with Crippen LogP contribution >= 0.6 is 11.6 Å². The number of ether oxygens (including phenoxy) is 1. The maximum Gasteiger partial charge on any atom is 0.0608 e. The summed E-state index contributed by atoms with van der Waals surface area (Å²) in [6.07, 6.45) is 0. The van der Waals surface area contributed by atoms with E-state index in [2.05, 4.69) is 22.6 Å². The topological polar surface area (TPSA) is 24.5 Å². The van der Waals surface area contributed by atoms with Gasteiger partial charge in [-0.2, -0.15) is 0 Å². The molecule has 0 spiro atoms. The molecule has 1 aliphatic rings. The highest BCUT2D eigenvalue weighted by molar-refractivity contribution is 6.31. The number of rotatable bonds is 3. The van der Waals surface area contributed by atoms with Gasteiger partial charge in [0.25, 0.3) is 0 Å². The normalized spacial score (nSPS) is 17.6. The van der Waals surface area contributed by atoms with Crippen LogP contribution < -0.4 is 5.43 Å². The van der Waals surface area contributed by atoms with Gasteiger partial charge in [-0.15, -0.1) is 0 Å². The summed E-state index contributed by atoms with van der Waals surface area (Å²) < 4.78 is 5.28.